The Morgan fingerprint density at radius 1 is 0.875 bits per heavy atom. The van der Waals surface area contributed by atoms with Gasteiger partial charge in [-0.25, -0.2) is 4.98 Å². The summed E-state index contributed by atoms with van der Waals surface area (Å²) in [5.74, 6) is 1.09. The molecule has 0 spiro atoms. The molecule has 0 fully saturated rings. The number of rotatable bonds is 5. The van der Waals surface area contributed by atoms with Gasteiger partial charge in [-0.3, -0.25) is 0 Å². The van der Waals surface area contributed by atoms with Crippen molar-refractivity contribution in [3.8, 4) is 0 Å². The lowest BCUT2D eigenvalue weighted by Gasteiger charge is -2.10. The van der Waals surface area contributed by atoms with Crippen molar-refractivity contribution in [3.05, 3.63) is 75.4 Å². The molecular formula is C17H13Cl3N4. The van der Waals surface area contributed by atoms with Gasteiger partial charge in [0.15, 0.2) is 0 Å². The Morgan fingerprint density at radius 3 is 2.50 bits per heavy atom. The largest absolute Gasteiger partial charge is 0.366 e. The van der Waals surface area contributed by atoms with Crippen LogP contribution >= 0.6 is 34.8 Å². The molecule has 122 valence electrons. The van der Waals surface area contributed by atoms with Crippen LogP contribution in [0.5, 0.6) is 0 Å². The standard InChI is InChI=1S/C17H13Cl3N4/c18-12-5-2-1-4-11(12)10-22-15-8-9-21-17(24-15)23-14-7-3-6-13(19)16(14)20/h1-9H,10H2,(H2,21,22,23,24). The number of hydrogen-bond acceptors (Lipinski definition) is 4. The fourth-order valence-corrected chi connectivity index (χ4v) is 2.62. The Hall–Kier alpha value is -2.01. The Balaban J connectivity index is 1.72. The maximum atomic E-state index is 6.16. The second-order valence-corrected chi connectivity index (χ2v) is 6.13. The molecule has 0 amide bonds. The smallest absolute Gasteiger partial charge is 0.229 e. The van der Waals surface area contributed by atoms with E-state index < -0.39 is 0 Å². The molecule has 0 aliphatic carbocycles. The summed E-state index contributed by atoms with van der Waals surface area (Å²) >= 11 is 18.3. The summed E-state index contributed by atoms with van der Waals surface area (Å²) < 4.78 is 0. The van der Waals surface area contributed by atoms with Gasteiger partial charge in [-0.05, 0) is 29.8 Å². The SMILES string of the molecule is Clc1ccccc1CNc1ccnc(Nc2cccc(Cl)c2Cl)n1. The van der Waals surface area contributed by atoms with Crippen molar-refractivity contribution in [2.45, 2.75) is 6.54 Å². The number of hydrogen-bond donors (Lipinski definition) is 2. The van der Waals surface area contributed by atoms with Gasteiger partial charge in [-0.1, -0.05) is 59.1 Å². The van der Waals surface area contributed by atoms with Gasteiger partial charge in [-0.2, -0.15) is 4.98 Å². The number of nitrogens with one attached hydrogen (secondary N) is 2. The van der Waals surface area contributed by atoms with Crippen LogP contribution in [0, 0.1) is 0 Å². The molecule has 3 rings (SSSR count). The molecule has 0 saturated carbocycles. The van der Waals surface area contributed by atoms with Crippen molar-refractivity contribution < 1.29 is 0 Å². The molecule has 1 aromatic heterocycles. The van der Waals surface area contributed by atoms with Gasteiger partial charge in [0.2, 0.25) is 5.95 Å². The lowest BCUT2D eigenvalue weighted by atomic mass is 10.2. The van der Waals surface area contributed by atoms with Gasteiger partial charge in [0.05, 0.1) is 15.7 Å². The number of aromatic nitrogens is 2. The molecule has 7 heteroatoms. The molecule has 0 aliphatic rings. The van der Waals surface area contributed by atoms with Gasteiger partial charge >= 0.3 is 0 Å². The monoisotopic (exact) mass is 378 g/mol. The van der Waals surface area contributed by atoms with E-state index >= 15 is 0 Å². The van der Waals surface area contributed by atoms with E-state index in [1.54, 1.807) is 30.5 Å². The van der Waals surface area contributed by atoms with Crippen LogP contribution < -0.4 is 10.6 Å². The van der Waals surface area contributed by atoms with Gasteiger partial charge in [0.25, 0.3) is 0 Å². The predicted octanol–water partition coefficient (Wildman–Crippen LogP) is 5.79. The summed E-state index contributed by atoms with van der Waals surface area (Å²) in [4.78, 5) is 8.59. The molecule has 0 bridgehead atoms. The van der Waals surface area contributed by atoms with Crippen LogP contribution in [0.3, 0.4) is 0 Å². The summed E-state index contributed by atoms with van der Waals surface area (Å²) in [6.07, 6.45) is 1.66. The summed E-state index contributed by atoms with van der Waals surface area (Å²) in [5.41, 5.74) is 1.64. The number of anilines is 3. The molecule has 4 nitrogen and oxygen atoms in total. The summed E-state index contributed by atoms with van der Waals surface area (Å²) in [5, 5.41) is 7.88. The minimum Gasteiger partial charge on any atom is -0.366 e. The second kappa shape index (κ2) is 7.71. The highest BCUT2D eigenvalue weighted by atomic mass is 35.5. The predicted molar refractivity (Wildman–Crippen MR) is 101 cm³/mol. The van der Waals surface area contributed by atoms with Crippen molar-refractivity contribution in [1.82, 2.24) is 9.97 Å². The van der Waals surface area contributed by atoms with Crippen LogP contribution in [0.25, 0.3) is 0 Å². The van der Waals surface area contributed by atoms with Gasteiger partial charge in [-0.15, -0.1) is 0 Å². The van der Waals surface area contributed by atoms with Crippen LogP contribution in [0.4, 0.5) is 17.5 Å². The zero-order chi connectivity index (χ0) is 16.9. The maximum absolute atomic E-state index is 6.16. The van der Waals surface area contributed by atoms with Crippen LogP contribution in [-0.4, -0.2) is 9.97 Å². The zero-order valence-corrected chi connectivity index (χ0v) is 14.7. The third-order valence-corrected chi connectivity index (χ3v) is 4.46. The fraction of sp³-hybridized carbons (Fsp3) is 0.0588. The molecule has 0 saturated heterocycles. The molecule has 3 aromatic rings. The van der Waals surface area contributed by atoms with E-state index in [9.17, 15) is 0 Å². The highest BCUT2D eigenvalue weighted by molar-refractivity contribution is 6.43. The highest BCUT2D eigenvalue weighted by Gasteiger charge is 2.07. The van der Waals surface area contributed by atoms with Crippen molar-refractivity contribution in [2.75, 3.05) is 10.6 Å². The van der Waals surface area contributed by atoms with E-state index in [4.69, 9.17) is 34.8 Å². The summed E-state index contributed by atoms with van der Waals surface area (Å²) in [7, 11) is 0. The molecular weight excluding hydrogens is 367 g/mol. The van der Waals surface area contributed by atoms with Crippen LogP contribution in [0.1, 0.15) is 5.56 Å². The molecule has 24 heavy (non-hydrogen) atoms. The van der Waals surface area contributed by atoms with Crippen molar-refractivity contribution in [3.63, 3.8) is 0 Å². The minimum absolute atomic E-state index is 0.420. The lowest BCUT2D eigenvalue weighted by Crippen LogP contribution is -2.04. The first-order valence-electron chi connectivity index (χ1n) is 7.15. The molecule has 0 aliphatic heterocycles. The minimum atomic E-state index is 0.420. The van der Waals surface area contributed by atoms with Crippen molar-refractivity contribution >= 4 is 52.3 Å². The summed E-state index contributed by atoms with van der Waals surface area (Å²) in [6.45, 7) is 0.564. The number of benzene rings is 2. The molecule has 2 N–H and O–H groups in total. The van der Waals surface area contributed by atoms with Gasteiger partial charge in [0.1, 0.15) is 5.82 Å². The first-order valence-corrected chi connectivity index (χ1v) is 8.28. The van der Waals surface area contributed by atoms with Crippen LogP contribution in [-0.2, 0) is 6.54 Å². The molecule has 2 aromatic carbocycles. The average Bonchev–Trinajstić information content (AvgIpc) is 2.59. The highest BCUT2D eigenvalue weighted by Crippen LogP contribution is 2.31. The number of halogens is 3. The Labute approximate surface area is 154 Å². The third-order valence-electron chi connectivity index (χ3n) is 3.27. The lowest BCUT2D eigenvalue weighted by molar-refractivity contribution is 1.08. The van der Waals surface area contributed by atoms with Crippen molar-refractivity contribution in [2.24, 2.45) is 0 Å². The first kappa shape index (κ1) is 16.8. The molecule has 0 radical (unpaired) electrons. The second-order valence-electron chi connectivity index (χ2n) is 4.94. The Bertz CT molecular complexity index is 855. The molecule has 0 unspecified atom stereocenters. The molecule has 1 heterocycles. The average molecular weight is 380 g/mol. The van der Waals surface area contributed by atoms with Gasteiger partial charge < -0.3 is 10.6 Å². The zero-order valence-electron chi connectivity index (χ0n) is 12.4. The van der Waals surface area contributed by atoms with E-state index in [1.807, 2.05) is 24.3 Å². The maximum Gasteiger partial charge on any atom is 0.229 e. The third kappa shape index (κ3) is 4.09. The van der Waals surface area contributed by atoms with Crippen LogP contribution in [0.2, 0.25) is 15.1 Å². The molecule has 0 atom stereocenters. The van der Waals surface area contributed by atoms with E-state index in [1.165, 1.54) is 0 Å². The van der Waals surface area contributed by atoms with Gasteiger partial charge in [0, 0.05) is 17.8 Å². The summed E-state index contributed by atoms with van der Waals surface area (Å²) in [6, 6.07) is 14.8. The topological polar surface area (TPSA) is 49.8 Å². The van der Waals surface area contributed by atoms with E-state index in [0.717, 1.165) is 5.56 Å². The normalized spacial score (nSPS) is 10.5. The van der Waals surface area contributed by atoms with Crippen LogP contribution in [0.15, 0.2) is 54.7 Å². The van der Waals surface area contributed by atoms with E-state index in [-0.39, 0.29) is 0 Å². The van der Waals surface area contributed by atoms with E-state index in [2.05, 4.69) is 20.6 Å². The fourth-order valence-electron chi connectivity index (χ4n) is 2.07. The Morgan fingerprint density at radius 2 is 1.67 bits per heavy atom. The number of nitrogens with zero attached hydrogens (tertiary/aromatic N) is 2. The Kier molecular flexibility index (Phi) is 5.41. The van der Waals surface area contributed by atoms with E-state index in [0.29, 0.717) is 39.1 Å². The van der Waals surface area contributed by atoms with Crippen molar-refractivity contribution in [1.29, 1.82) is 0 Å². The quantitative estimate of drug-likeness (QED) is 0.589. The first-order chi connectivity index (χ1) is 11.6.